The Morgan fingerprint density at radius 3 is 2.38 bits per heavy atom. The van der Waals surface area contributed by atoms with Crippen LogP contribution in [0.5, 0.6) is 0 Å². The molecule has 2 amide bonds. The highest BCUT2D eigenvalue weighted by Gasteiger charge is 2.51. The van der Waals surface area contributed by atoms with Crippen LogP contribution in [0.4, 0.5) is 5.69 Å². The summed E-state index contributed by atoms with van der Waals surface area (Å²) >= 11 is 0. The number of para-hydroxylation sites is 1. The van der Waals surface area contributed by atoms with Crippen LogP contribution >= 0.6 is 0 Å². The smallest absolute Gasteiger partial charge is 0.247 e. The first-order chi connectivity index (χ1) is 12.5. The second kappa shape index (κ2) is 6.98. The topological polar surface area (TPSA) is 59.1 Å². The number of benzene rings is 1. The highest BCUT2D eigenvalue weighted by molar-refractivity contribution is 5.98. The van der Waals surface area contributed by atoms with Crippen LogP contribution in [0.3, 0.4) is 0 Å². The average Bonchev–Trinajstić information content (AvgIpc) is 2.99. The van der Waals surface area contributed by atoms with Crippen molar-refractivity contribution in [2.24, 2.45) is 11.8 Å². The molecule has 0 saturated carbocycles. The van der Waals surface area contributed by atoms with Crippen molar-refractivity contribution >= 4 is 17.5 Å². The Labute approximate surface area is 154 Å². The zero-order valence-corrected chi connectivity index (χ0v) is 15.5. The molecule has 26 heavy (non-hydrogen) atoms. The normalized spacial score (nSPS) is 30.5. The van der Waals surface area contributed by atoms with Crippen molar-refractivity contribution in [1.82, 2.24) is 20.1 Å². The number of fused-ring (bicyclic) bond motifs is 1. The van der Waals surface area contributed by atoms with Gasteiger partial charge in [-0.1, -0.05) is 18.2 Å². The third kappa shape index (κ3) is 3.11. The van der Waals surface area contributed by atoms with Gasteiger partial charge in [-0.25, -0.2) is 10.4 Å². The van der Waals surface area contributed by atoms with E-state index in [1.54, 1.807) is 5.01 Å². The molecule has 3 unspecified atom stereocenters. The summed E-state index contributed by atoms with van der Waals surface area (Å²) in [6, 6.07) is 9.49. The fourth-order valence-corrected chi connectivity index (χ4v) is 4.32. The maximum Gasteiger partial charge on any atom is 0.247 e. The molecule has 0 spiro atoms. The van der Waals surface area contributed by atoms with E-state index in [0.717, 1.165) is 31.9 Å². The molecule has 0 radical (unpaired) electrons. The first kappa shape index (κ1) is 17.5. The zero-order valence-electron chi connectivity index (χ0n) is 15.5. The van der Waals surface area contributed by atoms with E-state index in [4.69, 9.17) is 0 Å². The second-order valence-corrected chi connectivity index (χ2v) is 7.73. The number of amides is 2. The Kier molecular flexibility index (Phi) is 4.69. The van der Waals surface area contributed by atoms with Gasteiger partial charge in [0.05, 0.1) is 23.6 Å². The van der Waals surface area contributed by atoms with Gasteiger partial charge in [-0.05, 0) is 26.2 Å². The summed E-state index contributed by atoms with van der Waals surface area (Å²) in [6.45, 7) is 4.73. The minimum atomic E-state index is -0.195. The standard InChI is InChI=1S/C19H27N5O2/c1-21-8-10-23(11-9-21)18(25)15-12-22(2)13-16-17(15)20-24(19(16)26)14-6-4-3-5-7-14/h3-7,15-17,20H,8-13H2,1-2H3. The number of carbonyl (C=O) groups is 2. The summed E-state index contributed by atoms with van der Waals surface area (Å²) in [6.07, 6.45) is 0. The van der Waals surface area contributed by atoms with E-state index < -0.39 is 0 Å². The van der Waals surface area contributed by atoms with E-state index in [1.165, 1.54) is 0 Å². The van der Waals surface area contributed by atoms with Crippen molar-refractivity contribution in [1.29, 1.82) is 0 Å². The lowest BCUT2D eigenvalue weighted by Gasteiger charge is -2.40. The lowest BCUT2D eigenvalue weighted by atomic mass is 9.84. The van der Waals surface area contributed by atoms with Crippen molar-refractivity contribution in [3.8, 4) is 0 Å². The number of piperidine rings is 1. The summed E-state index contributed by atoms with van der Waals surface area (Å²) in [5.41, 5.74) is 4.19. The van der Waals surface area contributed by atoms with Gasteiger partial charge in [-0.15, -0.1) is 0 Å². The fraction of sp³-hybridized carbons (Fsp3) is 0.579. The molecule has 3 fully saturated rings. The highest BCUT2D eigenvalue weighted by Crippen LogP contribution is 2.32. The Hall–Kier alpha value is -1.96. The number of anilines is 1. The van der Waals surface area contributed by atoms with Crippen LogP contribution < -0.4 is 10.4 Å². The van der Waals surface area contributed by atoms with Crippen molar-refractivity contribution < 1.29 is 9.59 Å². The molecule has 140 valence electrons. The number of likely N-dealkylation sites (tertiary alicyclic amines) is 1. The summed E-state index contributed by atoms with van der Waals surface area (Å²) in [7, 11) is 4.08. The van der Waals surface area contributed by atoms with Gasteiger partial charge in [-0.3, -0.25) is 9.59 Å². The van der Waals surface area contributed by atoms with Crippen LogP contribution in [-0.2, 0) is 9.59 Å². The van der Waals surface area contributed by atoms with Gasteiger partial charge in [-0.2, -0.15) is 0 Å². The molecule has 1 aromatic rings. The lowest BCUT2D eigenvalue weighted by Crippen LogP contribution is -2.59. The molecule has 7 heteroatoms. The summed E-state index contributed by atoms with van der Waals surface area (Å²) in [5.74, 6) is -0.144. The van der Waals surface area contributed by atoms with Gasteiger partial charge < -0.3 is 14.7 Å². The second-order valence-electron chi connectivity index (χ2n) is 7.73. The molecular formula is C19H27N5O2. The Bertz CT molecular complexity index is 674. The van der Waals surface area contributed by atoms with Crippen LogP contribution in [-0.4, -0.2) is 85.9 Å². The number of hydrogen-bond donors (Lipinski definition) is 1. The Morgan fingerprint density at radius 2 is 1.69 bits per heavy atom. The largest absolute Gasteiger partial charge is 0.340 e. The lowest BCUT2D eigenvalue weighted by molar-refractivity contribution is -0.140. The number of hydrogen-bond acceptors (Lipinski definition) is 5. The number of rotatable bonds is 2. The molecule has 1 aromatic carbocycles. The quantitative estimate of drug-likeness (QED) is 0.798. The van der Waals surface area contributed by atoms with Crippen LogP contribution in [0, 0.1) is 11.8 Å². The van der Waals surface area contributed by atoms with Gasteiger partial charge >= 0.3 is 0 Å². The highest BCUT2D eigenvalue weighted by atomic mass is 16.2. The number of likely N-dealkylation sites (N-methyl/N-ethyl adjacent to an activating group) is 1. The molecule has 7 nitrogen and oxygen atoms in total. The molecule has 3 atom stereocenters. The van der Waals surface area contributed by atoms with Crippen LogP contribution in [0.1, 0.15) is 0 Å². The van der Waals surface area contributed by atoms with Gasteiger partial charge in [0.2, 0.25) is 11.8 Å². The Morgan fingerprint density at radius 1 is 1.00 bits per heavy atom. The van der Waals surface area contributed by atoms with Crippen molar-refractivity contribution in [2.75, 3.05) is 58.4 Å². The molecule has 3 saturated heterocycles. The minimum Gasteiger partial charge on any atom is -0.340 e. The van der Waals surface area contributed by atoms with Crippen LogP contribution in [0.25, 0.3) is 0 Å². The van der Waals surface area contributed by atoms with Crippen molar-refractivity contribution in [2.45, 2.75) is 6.04 Å². The predicted molar refractivity (Wildman–Crippen MR) is 99.4 cm³/mol. The molecule has 0 aliphatic carbocycles. The minimum absolute atomic E-state index is 0.0592. The van der Waals surface area contributed by atoms with Crippen molar-refractivity contribution in [3.63, 3.8) is 0 Å². The third-order valence-electron chi connectivity index (χ3n) is 5.85. The molecule has 0 bridgehead atoms. The van der Waals surface area contributed by atoms with Gasteiger partial charge in [0.25, 0.3) is 0 Å². The van der Waals surface area contributed by atoms with E-state index >= 15 is 0 Å². The van der Waals surface area contributed by atoms with E-state index in [0.29, 0.717) is 13.1 Å². The molecule has 0 aromatic heterocycles. The summed E-state index contributed by atoms with van der Waals surface area (Å²) in [5, 5.41) is 1.64. The van der Waals surface area contributed by atoms with Gasteiger partial charge in [0, 0.05) is 39.3 Å². The summed E-state index contributed by atoms with van der Waals surface area (Å²) < 4.78 is 0. The molecule has 3 aliphatic heterocycles. The van der Waals surface area contributed by atoms with Crippen LogP contribution in [0.2, 0.25) is 0 Å². The maximum atomic E-state index is 13.2. The maximum absolute atomic E-state index is 13.2. The molecule has 1 N–H and O–H groups in total. The fourth-order valence-electron chi connectivity index (χ4n) is 4.32. The average molecular weight is 357 g/mol. The zero-order chi connectivity index (χ0) is 18.3. The summed E-state index contributed by atoms with van der Waals surface area (Å²) in [4.78, 5) is 32.5. The number of piperazine rings is 1. The third-order valence-corrected chi connectivity index (χ3v) is 5.85. The first-order valence-electron chi connectivity index (χ1n) is 9.35. The molecule has 3 heterocycles. The molecular weight excluding hydrogens is 330 g/mol. The first-order valence-corrected chi connectivity index (χ1v) is 9.35. The Balaban J connectivity index is 1.55. The van der Waals surface area contributed by atoms with E-state index in [-0.39, 0.29) is 29.7 Å². The predicted octanol–water partition coefficient (Wildman–Crippen LogP) is -0.142. The number of nitrogens with zero attached hydrogens (tertiary/aromatic N) is 4. The van der Waals surface area contributed by atoms with E-state index in [9.17, 15) is 9.59 Å². The van der Waals surface area contributed by atoms with Gasteiger partial charge in [0.1, 0.15) is 0 Å². The van der Waals surface area contributed by atoms with Crippen molar-refractivity contribution in [3.05, 3.63) is 30.3 Å². The van der Waals surface area contributed by atoms with E-state index in [2.05, 4.69) is 22.3 Å². The SMILES string of the molecule is CN1CCN(C(=O)C2CN(C)CC3C(=O)N(c4ccccc4)NC23)CC1. The number of hydrazine groups is 1. The number of nitrogens with one attached hydrogen (secondary N) is 1. The number of carbonyl (C=O) groups excluding carboxylic acids is 2. The monoisotopic (exact) mass is 357 g/mol. The van der Waals surface area contributed by atoms with Gasteiger partial charge in [0.15, 0.2) is 0 Å². The molecule has 4 rings (SSSR count). The van der Waals surface area contributed by atoms with Crippen LogP contribution in [0.15, 0.2) is 30.3 Å². The van der Waals surface area contributed by atoms with E-state index in [1.807, 2.05) is 42.3 Å². The molecule has 3 aliphatic rings.